The number of anilines is 1. The first-order valence-electron chi connectivity index (χ1n) is 6.25. The lowest BCUT2D eigenvalue weighted by molar-refractivity contribution is 0.393. The van der Waals surface area contributed by atoms with E-state index in [9.17, 15) is 0 Å². The molecule has 6 heteroatoms. The van der Waals surface area contributed by atoms with Crippen LogP contribution in [0.5, 0.6) is 5.88 Å². The smallest absolute Gasteiger partial charge is 0.232 e. The fourth-order valence-corrected chi connectivity index (χ4v) is 2.85. The Morgan fingerprint density at radius 3 is 3.00 bits per heavy atom. The van der Waals surface area contributed by atoms with Crippen LogP contribution in [-0.4, -0.2) is 30.2 Å². The topological polar surface area (TPSA) is 73.1 Å². The Bertz CT molecular complexity index is 402. The van der Waals surface area contributed by atoms with Crippen molar-refractivity contribution >= 4 is 21.9 Å². The number of methoxy groups -OCH3 is 1. The minimum absolute atomic E-state index is 0.550. The van der Waals surface area contributed by atoms with E-state index in [2.05, 4.69) is 31.2 Å². The fourth-order valence-electron chi connectivity index (χ4n) is 2.49. The molecular formula is C12H19BrN4O. The second-order valence-electron chi connectivity index (χ2n) is 4.62. The lowest BCUT2D eigenvalue weighted by atomic mass is 9.96. The highest BCUT2D eigenvalue weighted by Gasteiger charge is 2.25. The zero-order valence-electron chi connectivity index (χ0n) is 10.5. The molecule has 2 atom stereocenters. The lowest BCUT2D eigenvalue weighted by Gasteiger charge is -2.18. The van der Waals surface area contributed by atoms with Crippen LogP contribution in [0.25, 0.3) is 0 Å². The van der Waals surface area contributed by atoms with Crippen molar-refractivity contribution in [2.45, 2.75) is 19.3 Å². The van der Waals surface area contributed by atoms with Gasteiger partial charge in [-0.2, -0.15) is 4.98 Å². The third kappa shape index (κ3) is 3.11. The predicted molar refractivity (Wildman–Crippen MR) is 74.7 cm³/mol. The highest BCUT2D eigenvalue weighted by molar-refractivity contribution is 9.10. The molecule has 3 N–H and O–H groups in total. The quantitative estimate of drug-likeness (QED) is 0.870. The van der Waals surface area contributed by atoms with Crippen LogP contribution in [0, 0.1) is 11.8 Å². The van der Waals surface area contributed by atoms with Crippen molar-refractivity contribution in [2.24, 2.45) is 17.6 Å². The minimum atomic E-state index is 0.550. The third-order valence-electron chi connectivity index (χ3n) is 3.55. The monoisotopic (exact) mass is 314 g/mol. The van der Waals surface area contributed by atoms with Gasteiger partial charge in [0.25, 0.3) is 0 Å². The second-order valence-corrected chi connectivity index (χ2v) is 5.47. The van der Waals surface area contributed by atoms with Gasteiger partial charge in [0, 0.05) is 6.54 Å². The molecule has 100 valence electrons. The van der Waals surface area contributed by atoms with Gasteiger partial charge in [-0.3, -0.25) is 0 Å². The zero-order valence-corrected chi connectivity index (χ0v) is 12.1. The number of aromatic nitrogens is 2. The number of nitrogens with one attached hydrogen (secondary N) is 1. The van der Waals surface area contributed by atoms with E-state index < -0.39 is 0 Å². The Morgan fingerprint density at radius 1 is 1.50 bits per heavy atom. The number of rotatable bonds is 5. The number of hydrogen-bond donors (Lipinski definition) is 2. The van der Waals surface area contributed by atoms with E-state index in [1.165, 1.54) is 19.3 Å². The van der Waals surface area contributed by atoms with Gasteiger partial charge in [0.15, 0.2) is 0 Å². The van der Waals surface area contributed by atoms with E-state index in [-0.39, 0.29) is 0 Å². The van der Waals surface area contributed by atoms with Crippen LogP contribution in [0.1, 0.15) is 19.3 Å². The van der Waals surface area contributed by atoms with Crippen LogP contribution in [0.3, 0.4) is 0 Å². The molecule has 1 aliphatic carbocycles. The van der Waals surface area contributed by atoms with Crippen molar-refractivity contribution in [1.82, 2.24) is 9.97 Å². The maximum atomic E-state index is 5.77. The Morgan fingerprint density at radius 2 is 2.28 bits per heavy atom. The molecule has 0 spiro atoms. The number of ether oxygens (including phenoxy) is 1. The maximum Gasteiger partial charge on any atom is 0.232 e. The molecule has 0 bridgehead atoms. The standard InChI is InChI=1S/C12H19BrN4O/c1-18-11-10(13)7-16-12(17-11)15-6-9-4-2-3-8(9)5-14/h7-9H,2-6,14H2,1H3,(H,15,16,17). The first kappa shape index (κ1) is 13.5. The first-order chi connectivity index (χ1) is 8.74. The van der Waals surface area contributed by atoms with E-state index in [0.29, 0.717) is 23.7 Å². The van der Waals surface area contributed by atoms with Crippen molar-refractivity contribution < 1.29 is 4.74 Å². The predicted octanol–water partition coefficient (Wildman–Crippen LogP) is 2.03. The maximum absolute atomic E-state index is 5.77. The van der Waals surface area contributed by atoms with E-state index >= 15 is 0 Å². The van der Waals surface area contributed by atoms with Crippen LogP contribution in [-0.2, 0) is 0 Å². The van der Waals surface area contributed by atoms with Crippen LogP contribution in [0.15, 0.2) is 10.7 Å². The van der Waals surface area contributed by atoms with Crippen LogP contribution < -0.4 is 15.8 Å². The number of hydrogen-bond acceptors (Lipinski definition) is 5. The highest BCUT2D eigenvalue weighted by atomic mass is 79.9. The molecule has 0 amide bonds. The number of nitrogens with zero attached hydrogens (tertiary/aromatic N) is 2. The first-order valence-corrected chi connectivity index (χ1v) is 7.04. The summed E-state index contributed by atoms with van der Waals surface area (Å²) in [6, 6.07) is 0. The summed E-state index contributed by atoms with van der Waals surface area (Å²) in [5.74, 6) is 2.43. The summed E-state index contributed by atoms with van der Waals surface area (Å²) in [5, 5.41) is 3.27. The third-order valence-corrected chi connectivity index (χ3v) is 4.09. The summed E-state index contributed by atoms with van der Waals surface area (Å²) < 4.78 is 5.90. The largest absolute Gasteiger partial charge is 0.480 e. The van der Waals surface area contributed by atoms with Gasteiger partial charge in [-0.05, 0) is 47.2 Å². The van der Waals surface area contributed by atoms with Gasteiger partial charge in [0.05, 0.1) is 17.8 Å². The second kappa shape index (κ2) is 6.33. The molecule has 1 fully saturated rings. The summed E-state index contributed by atoms with van der Waals surface area (Å²) in [5.41, 5.74) is 5.77. The van der Waals surface area contributed by atoms with Gasteiger partial charge in [-0.1, -0.05) is 6.42 Å². The summed E-state index contributed by atoms with van der Waals surface area (Å²) in [7, 11) is 1.60. The summed E-state index contributed by atoms with van der Waals surface area (Å²) >= 11 is 3.33. The molecule has 1 aliphatic rings. The van der Waals surface area contributed by atoms with Gasteiger partial charge in [-0.15, -0.1) is 0 Å². The van der Waals surface area contributed by atoms with Gasteiger partial charge in [-0.25, -0.2) is 4.98 Å². The van der Waals surface area contributed by atoms with Gasteiger partial charge in [0.1, 0.15) is 0 Å². The molecule has 0 saturated heterocycles. The van der Waals surface area contributed by atoms with E-state index in [1.54, 1.807) is 13.3 Å². The molecule has 2 rings (SSSR count). The van der Waals surface area contributed by atoms with E-state index in [4.69, 9.17) is 10.5 Å². The molecule has 0 aliphatic heterocycles. The Labute approximate surface area is 116 Å². The minimum Gasteiger partial charge on any atom is -0.480 e. The summed E-state index contributed by atoms with van der Waals surface area (Å²) in [6.07, 6.45) is 5.46. The van der Waals surface area contributed by atoms with Crippen LogP contribution in [0.4, 0.5) is 5.95 Å². The van der Waals surface area contributed by atoms with Crippen molar-refractivity contribution in [3.63, 3.8) is 0 Å². The lowest BCUT2D eigenvalue weighted by Crippen LogP contribution is -2.24. The Hall–Kier alpha value is -0.880. The molecule has 5 nitrogen and oxygen atoms in total. The SMILES string of the molecule is COc1nc(NCC2CCCC2CN)ncc1Br. The van der Waals surface area contributed by atoms with Gasteiger partial charge < -0.3 is 15.8 Å². The van der Waals surface area contributed by atoms with Crippen molar-refractivity contribution in [1.29, 1.82) is 0 Å². The highest BCUT2D eigenvalue weighted by Crippen LogP contribution is 2.31. The van der Waals surface area contributed by atoms with Crippen molar-refractivity contribution in [3.8, 4) is 5.88 Å². The molecule has 18 heavy (non-hydrogen) atoms. The van der Waals surface area contributed by atoms with E-state index in [1.807, 2.05) is 0 Å². The fraction of sp³-hybridized carbons (Fsp3) is 0.667. The van der Waals surface area contributed by atoms with Gasteiger partial charge >= 0.3 is 0 Å². The van der Waals surface area contributed by atoms with Gasteiger partial charge in [0.2, 0.25) is 11.8 Å². The van der Waals surface area contributed by atoms with Crippen LogP contribution >= 0.6 is 15.9 Å². The molecule has 2 unspecified atom stereocenters. The summed E-state index contributed by atoms with van der Waals surface area (Å²) in [4.78, 5) is 8.50. The normalized spacial score (nSPS) is 23.1. The molecular weight excluding hydrogens is 296 g/mol. The molecule has 1 saturated carbocycles. The molecule has 0 aromatic carbocycles. The zero-order chi connectivity index (χ0) is 13.0. The molecule has 1 heterocycles. The molecule has 0 radical (unpaired) electrons. The van der Waals surface area contributed by atoms with Crippen molar-refractivity contribution in [2.75, 3.05) is 25.5 Å². The molecule has 1 aromatic rings. The Balaban J connectivity index is 1.93. The number of halogens is 1. The Kier molecular flexibility index (Phi) is 4.77. The average Bonchev–Trinajstić information content (AvgIpc) is 2.85. The van der Waals surface area contributed by atoms with Crippen LogP contribution in [0.2, 0.25) is 0 Å². The molecule has 1 aromatic heterocycles. The average molecular weight is 315 g/mol. The summed E-state index contributed by atoms with van der Waals surface area (Å²) in [6.45, 7) is 1.66. The van der Waals surface area contributed by atoms with Crippen molar-refractivity contribution in [3.05, 3.63) is 10.7 Å². The number of nitrogens with two attached hydrogens (primary N) is 1. The van der Waals surface area contributed by atoms with E-state index in [0.717, 1.165) is 17.6 Å².